The van der Waals surface area contributed by atoms with Gasteiger partial charge in [0.05, 0.1) is 16.8 Å². The van der Waals surface area contributed by atoms with Crippen molar-refractivity contribution < 1.29 is 14.3 Å². The van der Waals surface area contributed by atoms with E-state index >= 15 is 0 Å². The van der Waals surface area contributed by atoms with Gasteiger partial charge in [-0.15, -0.1) is 0 Å². The Kier molecular flexibility index (Phi) is 4.07. The number of carbonyl (C=O) groups excluding carboxylic acids is 1. The standard InChI is InChI=1S/C17H19FN2O2/c1-10-14(8-12-4-5-13(18)9-16(12)19-10)17(22)20-15(6-7-21)11-2-3-11/h4-5,8-9,11,15,21H,2-3,6-7H2,1H3,(H,20,22). The van der Waals surface area contributed by atoms with Crippen LogP contribution in [0.25, 0.3) is 10.9 Å². The maximum atomic E-state index is 13.2. The van der Waals surface area contributed by atoms with Gasteiger partial charge in [-0.2, -0.15) is 0 Å². The lowest BCUT2D eigenvalue weighted by Crippen LogP contribution is -2.37. The summed E-state index contributed by atoms with van der Waals surface area (Å²) in [4.78, 5) is 16.8. The Morgan fingerprint density at radius 3 is 2.91 bits per heavy atom. The van der Waals surface area contributed by atoms with Gasteiger partial charge in [0.2, 0.25) is 0 Å². The van der Waals surface area contributed by atoms with Gasteiger partial charge >= 0.3 is 0 Å². The molecule has 22 heavy (non-hydrogen) atoms. The normalized spacial score (nSPS) is 15.8. The van der Waals surface area contributed by atoms with Crippen molar-refractivity contribution in [2.24, 2.45) is 5.92 Å². The number of amides is 1. The molecule has 1 atom stereocenters. The van der Waals surface area contributed by atoms with E-state index in [0.717, 1.165) is 18.2 Å². The Morgan fingerprint density at radius 2 is 2.23 bits per heavy atom. The molecule has 1 aromatic carbocycles. The first-order valence-corrected chi connectivity index (χ1v) is 7.57. The summed E-state index contributed by atoms with van der Waals surface area (Å²) in [6, 6.07) is 6.11. The molecule has 1 amide bonds. The number of nitrogens with one attached hydrogen (secondary N) is 1. The number of aliphatic hydroxyl groups excluding tert-OH is 1. The second-order valence-corrected chi connectivity index (χ2v) is 5.89. The predicted molar refractivity (Wildman–Crippen MR) is 82.1 cm³/mol. The molecule has 4 nitrogen and oxygen atoms in total. The second-order valence-electron chi connectivity index (χ2n) is 5.89. The fourth-order valence-electron chi connectivity index (χ4n) is 2.78. The molecule has 0 saturated heterocycles. The lowest BCUT2D eigenvalue weighted by Gasteiger charge is -2.18. The number of rotatable bonds is 5. The highest BCUT2D eigenvalue weighted by Crippen LogP contribution is 2.34. The molecule has 1 fully saturated rings. The molecule has 5 heteroatoms. The zero-order valence-corrected chi connectivity index (χ0v) is 12.5. The fraction of sp³-hybridized carbons (Fsp3) is 0.412. The first kappa shape index (κ1) is 14.9. The van der Waals surface area contributed by atoms with Crippen molar-refractivity contribution in [1.29, 1.82) is 0 Å². The van der Waals surface area contributed by atoms with Crippen molar-refractivity contribution in [3.8, 4) is 0 Å². The number of fused-ring (bicyclic) bond motifs is 1. The lowest BCUT2D eigenvalue weighted by molar-refractivity contribution is 0.0923. The smallest absolute Gasteiger partial charge is 0.253 e. The topological polar surface area (TPSA) is 62.2 Å². The van der Waals surface area contributed by atoms with Crippen molar-refractivity contribution >= 4 is 16.8 Å². The Bertz CT molecular complexity index is 713. The van der Waals surface area contributed by atoms with E-state index in [9.17, 15) is 9.18 Å². The van der Waals surface area contributed by atoms with E-state index in [4.69, 9.17) is 5.11 Å². The zero-order chi connectivity index (χ0) is 15.7. The SMILES string of the molecule is Cc1nc2cc(F)ccc2cc1C(=O)NC(CCO)C1CC1. The number of aryl methyl sites for hydroxylation is 1. The minimum Gasteiger partial charge on any atom is -0.396 e. The molecule has 1 aliphatic rings. The Balaban J connectivity index is 1.86. The van der Waals surface area contributed by atoms with E-state index in [2.05, 4.69) is 10.3 Å². The Labute approximate surface area is 128 Å². The van der Waals surface area contributed by atoms with Crippen molar-refractivity contribution in [3.63, 3.8) is 0 Å². The molecule has 1 saturated carbocycles. The van der Waals surface area contributed by atoms with Crippen LogP contribution in [-0.2, 0) is 0 Å². The molecule has 0 bridgehead atoms. The summed E-state index contributed by atoms with van der Waals surface area (Å²) in [5.41, 5.74) is 1.62. The molecular formula is C17H19FN2O2. The minimum atomic E-state index is -0.339. The van der Waals surface area contributed by atoms with Crippen LogP contribution in [-0.4, -0.2) is 28.6 Å². The summed E-state index contributed by atoms with van der Waals surface area (Å²) in [5.74, 6) is -0.0474. The van der Waals surface area contributed by atoms with Gasteiger partial charge in [-0.3, -0.25) is 9.78 Å². The average Bonchev–Trinajstić information content (AvgIpc) is 3.30. The molecule has 0 spiro atoms. The summed E-state index contributed by atoms with van der Waals surface area (Å²) >= 11 is 0. The summed E-state index contributed by atoms with van der Waals surface area (Å²) < 4.78 is 13.2. The van der Waals surface area contributed by atoms with Gasteiger partial charge in [0.15, 0.2) is 0 Å². The highest BCUT2D eigenvalue weighted by atomic mass is 19.1. The third-order valence-electron chi connectivity index (χ3n) is 4.16. The second kappa shape index (κ2) is 6.01. The lowest BCUT2D eigenvalue weighted by atomic mass is 10.1. The molecule has 1 aliphatic carbocycles. The maximum Gasteiger partial charge on any atom is 0.253 e. The van der Waals surface area contributed by atoms with Crippen LogP contribution in [0.2, 0.25) is 0 Å². The van der Waals surface area contributed by atoms with Crippen molar-refractivity contribution in [3.05, 3.63) is 41.3 Å². The van der Waals surface area contributed by atoms with Gasteiger partial charge < -0.3 is 10.4 Å². The number of nitrogens with zero attached hydrogens (tertiary/aromatic N) is 1. The summed E-state index contributed by atoms with van der Waals surface area (Å²) in [6.07, 6.45) is 2.76. The quantitative estimate of drug-likeness (QED) is 0.892. The number of hydrogen-bond donors (Lipinski definition) is 2. The number of aliphatic hydroxyl groups is 1. The summed E-state index contributed by atoms with van der Waals surface area (Å²) in [7, 11) is 0. The zero-order valence-electron chi connectivity index (χ0n) is 12.5. The fourth-order valence-corrected chi connectivity index (χ4v) is 2.78. The first-order chi connectivity index (χ1) is 10.6. The van der Waals surface area contributed by atoms with Crippen LogP contribution in [0.1, 0.15) is 35.3 Å². The molecule has 2 N–H and O–H groups in total. The molecule has 3 rings (SSSR count). The molecule has 1 unspecified atom stereocenters. The highest BCUT2D eigenvalue weighted by Gasteiger charge is 2.32. The van der Waals surface area contributed by atoms with Gasteiger partial charge in [0.1, 0.15) is 5.82 Å². The first-order valence-electron chi connectivity index (χ1n) is 7.57. The van der Waals surface area contributed by atoms with E-state index in [0.29, 0.717) is 29.1 Å². The third-order valence-corrected chi connectivity index (χ3v) is 4.16. The van der Waals surface area contributed by atoms with Crippen LogP contribution in [0.5, 0.6) is 0 Å². The molecule has 116 valence electrons. The van der Waals surface area contributed by atoms with Crippen molar-refractivity contribution in [1.82, 2.24) is 10.3 Å². The van der Waals surface area contributed by atoms with Crippen LogP contribution in [0.15, 0.2) is 24.3 Å². The summed E-state index contributed by atoms with van der Waals surface area (Å²) in [5, 5.41) is 12.9. The average molecular weight is 302 g/mol. The van der Waals surface area contributed by atoms with E-state index in [-0.39, 0.29) is 24.4 Å². The van der Waals surface area contributed by atoms with Crippen LogP contribution in [0, 0.1) is 18.7 Å². The van der Waals surface area contributed by atoms with E-state index < -0.39 is 0 Å². The Hall–Kier alpha value is -2.01. The largest absolute Gasteiger partial charge is 0.396 e. The van der Waals surface area contributed by atoms with Crippen molar-refractivity contribution in [2.75, 3.05) is 6.61 Å². The monoisotopic (exact) mass is 302 g/mol. The van der Waals surface area contributed by atoms with Crippen molar-refractivity contribution in [2.45, 2.75) is 32.2 Å². The molecule has 0 radical (unpaired) electrons. The van der Waals surface area contributed by atoms with Crippen LogP contribution < -0.4 is 5.32 Å². The van der Waals surface area contributed by atoms with Gasteiger partial charge in [-0.1, -0.05) is 0 Å². The molecule has 1 heterocycles. The van der Waals surface area contributed by atoms with Gasteiger partial charge in [0, 0.05) is 24.1 Å². The number of benzene rings is 1. The van der Waals surface area contributed by atoms with Crippen LogP contribution >= 0.6 is 0 Å². The van der Waals surface area contributed by atoms with Crippen LogP contribution in [0.4, 0.5) is 4.39 Å². The number of pyridine rings is 1. The van der Waals surface area contributed by atoms with E-state index in [1.807, 2.05) is 0 Å². The number of halogens is 1. The van der Waals surface area contributed by atoms with Gasteiger partial charge in [-0.25, -0.2) is 4.39 Å². The Morgan fingerprint density at radius 1 is 1.45 bits per heavy atom. The number of carbonyl (C=O) groups is 1. The predicted octanol–water partition coefficient (Wildman–Crippen LogP) is 2.57. The molecule has 0 aliphatic heterocycles. The maximum absolute atomic E-state index is 13.2. The van der Waals surface area contributed by atoms with E-state index in [1.54, 1.807) is 19.1 Å². The number of hydrogen-bond acceptors (Lipinski definition) is 3. The highest BCUT2D eigenvalue weighted by molar-refractivity contribution is 5.98. The molecule has 2 aromatic rings. The minimum absolute atomic E-state index is 0.0146. The van der Waals surface area contributed by atoms with Gasteiger partial charge in [0.25, 0.3) is 5.91 Å². The molecular weight excluding hydrogens is 283 g/mol. The van der Waals surface area contributed by atoms with Gasteiger partial charge in [-0.05, 0) is 50.3 Å². The summed E-state index contributed by atoms with van der Waals surface area (Å²) in [6.45, 7) is 1.81. The van der Waals surface area contributed by atoms with E-state index in [1.165, 1.54) is 12.1 Å². The molecule has 1 aromatic heterocycles. The van der Waals surface area contributed by atoms with Crippen LogP contribution in [0.3, 0.4) is 0 Å². The number of aromatic nitrogens is 1. The third kappa shape index (κ3) is 3.09.